The van der Waals surface area contributed by atoms with Crippen molar-refractivity contribution in [2.45, 2.75) is 6.92 Å². The average molecular weight is 151 g/mol. The molecule has 0 unspecified atom stereocenters. The third-order valence-corrected chi connectivity index (χ3v) is 1.03. The minimum Gasteiger partial charge on any atom is -0.352 e. The van der Waals surface area contributed by atoms with Gasteiger partial charge in [-0.05, 0) is 5.57 Å². The van der Waals surface area contributed by atoms with Crippen LogP contribution < -0.4 is 5.32 Å². The fourth-order valence-electron chi connectivity index (χ4n) is 0.501. The van der Waals surface area contributed by atoms with Gasteiger partial charge in [-0.1, -0.05) is 31.4 Å². The maximum Gasteiger partial charge on any atom is 0.217 e. The Labute approximate surface area is 67.3 Å². The van der Waals surface area contributed by atoms with Gasteiger partial charge >= 0.3 is 0 Å². The average Bonchev–Trinajstić information content (AvgIpc) is 1.97. The smallest absolute Gasteiger partial charge is 0.217 e. The summed E-state index contributed by atoms with van der Waals surface area (Å²) < 4.78 is 0. The summed E-state index contributed by atoms with van der Waals surface area (Å²) in [5, 5.41) is 2.63. The van der Waals surface area contributed by atoms with Gasteiger partial charge in [0.15, 0.2) is 0 Å². The molecule has 11 heavy (non-hydrogen) atoms. The number of rotatable bonds is 4. The number of carbonyl (C=O) groups is 1. The molecule has 1 N–H and O–H groups in total. The van der Waals surface area contributed by atoms with E-state index in [2.05, 4.69) is 18.5 Å². The molecule has 0 radical (unpaired) electrons. The second kappa shape index (κ2) is 5.47. The molecular formula is C9H13NO. The predicted molar refractivity (Wildman–Crippen MR) is 47.2 cm³/mol. The lowest BCUT2D eigenvalue weighted by Crippen LogP contribution is -2.21. The van der Waals surface area contributed by atoms with Gasteiger partial charge < -0.3 is 5.32 Å². The lowest BCUT2D eigenvalue weighted by atomic mass is 10.3. The van der Waals surface area contributed by atoms with Crippen LogP contribution in [0.3, 0.4) is 0 Å². The zero-order valence-corrected chi connectivity index (χ0v) is 6.76. The third-order valence-electron chi connectivity index (χ3n) is 1.03. The first-order valence-electron chi connectivity index (χ1n) is 3.38. The number of allylic oxidation sites excluding steroid dienone is 2. The standard InChI is InChI=1S/C9H13NO/c1-4-5-6-8(2)7-10-9(3)11/h4-6H,1-2,7H2,3H3,(H,10,11). The third kappa shape index (κ3) is 6.58. The Morgan fingerprint density at radius 3 is 2.73 bits per heavy atom. The second-order valence-electron chi connectivity index (χ2n) is 2.16. The van der Waals surface area contributed by atoms with Crippen LogP contribution in [-0.2, 0) is 4.79 Å². The van der Waals surface area contributed by atoms with E-state index in [9.17, 15) is 4.79 Å². The highest BCUT2D eigenvalue weighted by molar-refractivity contribution is 5.73. The second-order valence-corrected chi connectivity index (χ2v) is 2.16. The van der Waals surface area contributed by atoms with E-state index < -0.39 is 0 Å². The maximum atomic E-state index is 10.4. The molecule has 0 aliphatic carbocycles. The van der Waals surface area contributed by atoms with Crippen LogP contribution in [0.15, 0.2) is 37.0 Å². The van der Waals surface area contributed by atoms with Gasteiger partial charge in [0, 0.05) is 13.5 Å². The molecule has 0 rings (SSSR count). The van der Waals surface area contributed by atoms with Crippen LogP contribution in [0.1, 0.15) is 6.92 Å². The van der Waals surface area contributed by atoms with Gasteiger partial charge in [0.2, 0.25) is 5.91 Å². The fraction of sp³-hybridized carbons (Fsp3) is 0.222. The van der Waals surface area contributed by atoms with Crippen LogP contribution in [0.5, 0.6) is 0 Å². The molecule has 60 valence electrons. The number of hydrogen-bond acceptors (Lipinski definition) is 1. The quantitative estimate of drug-likeness (QED) is 0.605. The first-order chi connectivity index (χ1) is 5.16. The summed E-state index contributed by atoms with van der Waals surface area (Å²) in [5.74, 6) is -0.0434. The summed E-state index contributed by atoms with van der Waals surface area (Å²) in [4.78, 5) is 10.4. The zero-order chi connectivity index (χ0) is 8.69. The Balaban J connectivity index is 3.61. The molecule has 2 heteroatoms. The van der Waals surface area contributed by atoms with Crippen LogP contribution in [0.4, 0.5) is 0 Å². The zero-order valence-electron chi connectivity index (χ0n) is 6.76. The van der Waals surface area contributed by atoms with Crippen molar-refractivity contribution in [1.82, 2.24) is 5.32 Å². The van der Waals surface area contributed by atoms with Gasteiger partial charge in [0.1, 0.15) is 0 Å². The van der Waals surface area contributed by atoms with Gasteiger partial charge in [-0.15, -0.1) is 0 Å². The van der Waals surface area contributed by atoms with Gasteiger partial charge in [0.05, 0.1) is 0 Å². The fourth-order valence-corrected chi connectivity index (χ4v) is 0.501. The number of nitrogens with one attached hydrogen (secondary N) is 1. The summed E-state index contributed by atoms with van der Waals surface area (Å²) >= 11 is 0. The maximum absolute atomic E-state index is 10.4. The van der Waals surface area contributed by atoms with E-state index in [0.29, 0.717) is 6.54 Å². The molecule has 0 heterocycles. The summed E-state index contributed by atoms with van der Waals surface area (Å²) in [6.45, 7) is 9.20. The molecular weight excluding hydrogens is 138 g/mol. The van der Waals surface area contributed by atoms with E-state index in [4.69, 9.17) is 0 Å². The first-order valence-corrected chi connectivity index (χ1v) is 3.38. The van der Waals surface area contributed by atoms with Crippen molar-refractivity contribution in [1.29, 1.82) is 0 Å². The molecule has 0 aromatic heterocycles. The van der Waals surface area contributed by atoms with E-state index in [1.165, 1.54) is 6.92 Å². The van der Waals surface area contributed by atoms with Crippen molar-refractivity contribution in [2.24, 2.45) is 0 Å². The van der Waals surface area contributed by atoms with Crippen molar-refractivity contribution < 1.29 is 4.79 Å². The Hall–Kier alpha value is -1.31. The van der Waals surface area contributed by atoms with Crippen LogP contribution in [0.2, 0.25) is 0 Å². The molecule has 0 bridgehead atoms. The lowest BCUT2D eigenvalue weighted by molar-refractivity contribution is -0.118. The van der Waals surface area contributed by atoms with E-state index >= 15 is 0 Å². The molecule has 0 aromatic rings. The molecule has 2 nitrogen and oxygen atoms in total. The largest absolute Gasteiger partial charge is 0.352 e. The minimum absolute atomic E-state index is 0.0434. The molecule has 0 aliphatic heterocycles. The number of carbonyl (C=O) groups excluding carboxylic acids is 1. The predicted octanol–water partition coefficient (Wildman–Crippen LogP) is 1.42. The highest BCUT2D eigenvalue weighted by Crippen LogP contribution is 1.89. The summed E-state index contributed by atoms with van der Waals surface area (Å²) in [5.41, 5.74) is 0.861. The molecule has 0 saturated carbocycles. The minimum atomic E-state index is -0.0434. The highest BCUT2D eigenvalue weighted by Gasteiger charge is 1.89. The molecule has 0 spiro atoms. The molecule has 0 saturated heterocycles. The summed E-state index contributed by atoms with van der Waals surface area (Å²) in [7, 11) is 0. The van der Waals surface area contributed by atoms with E-state index in [0.717, 1.165) is 5.57 Å². The van der Waals surface area contributed by atoms with Crippen LogP contribution in [0.25, 0.3) is 0 Å². The van der Waals surface area contributed by atoms with Gasteiger partial charge in [-0.2, -0.15) is 0 Å². The van der Waals surface area contributed by atoms with E-state index in [1.54, 1.807) is 12.2 Å². The Morgan fingerprint density at radius 2 is 2.27 bits per heavy atom. The number of amides is 1. The normalized spacial score (nSPS) is 9.55. The number of hydrogen-bond donors (Lipinski definition) is 1. The van der Waals surface area contributed by atoms with Gasteiger partial charge in [0.25, 0.3) is 0 Å². The van der Waals surface area contributed by atoms with Crippen molar-refractivity contribution >= 4 is 5.91 Å². The molecule has 0 atom stereocenters. The first kappa shape index (κ1) is 9.69. The van der Waals surface area contributed by atoms with Gasteiger partial charge in [-0.3, -0.25) is 4.79 Å². The van der Waals surface area contributed by atoms with Crippen LogP contribution in [-0.4, -0.2) is 12.5 Å². The van der Waals surface area contributed by atoms with Crippen molar-refractivity contribution in [3.05, 3.63) is 37.0 Å². The van der Waals surface area contributed by atoms with Crippen molar-refractivity contribution in [3.63, 3.8) is 0 Å². The Bertz CT molecular complexity index is 192. The topological polar surface area (TPSA) is 29.1 Å². The lowest BCUT2D eigenvalue weighted by Gasteiger charge is -1.99. The molecule has 0 aromatic carbocycles. The van der Waals surface area contributed by atoms with E-state index in [-0.39, 0.29) is 5.91 Å². The molecule has 1 amide bonds. The highest BCUT2D eigenvalue weighted by atomic mass is 16.1. The monoisotopic (exact) mass is 151 g/mol. The van der Waals surface area contributed by atoms with Crippen LogP contribution in [0, 0.1) is 0 Å². The van der Waals surface area contributed by atoms with Gasteiger partial charge in [-0.25, -0.2) is 0 Å². The molecule has 0 fully saturated rings. The van der Waals surface area contributed by atoms with E-state index in [1.807, 2.05) is 6.08 Å². The molecule has 0 aliphatic rings. The SMILES string of the molecule is C=CC=CC(=C)CNC(C)=O. The van der Waals surface area contributed by atoms with Crippen LogP contribution >= 0.6 is 0 Å². The summed E-state index contributed by atoms with van der Waals surface area (Å²) in [6, 6.07) is 0. The Kier molecular flexibility index (Phi) is 4.82. The summed E-state index contributed by atoms with van der Waals surface area (Å²) in [6.07, 6.45) is 5.26. The van der Waals surface area contributed by atoms with Crippen molar-refractivity contribution in [2.75, 3.05) is 6.54 Å². The van der Waals surface area contributed by atoms with Crippen molar-refractivity contribution in [3.8, 4) is 0 Å². The Morgan fingerprint density at radius 1 is 1.64 bits per heavy atom.